The van der Waals surface area contributed by atoms with Crippen LogP contribution in [0.15, 0.2) is 34.2 Å². The maximum Gasteiger partial charge on any atom is 0.309 e. The third-order valence-corrected chi connectivity index (χ3v) is 5.53. The summed E-state index contributed by atoms with van der Waals surface area (Å²) in [5.41, 5.74) is 0.937. The number of benzene rings is 1. The number of likely N-dealkylation sites (tertiary alicyclic amines) is 1. The summed E-state index contributed by atoms with van der Waals surface area (Å²) in [6, 6.07) is 7.63. The Morgan fingerprint density at radius 1 is 1.22 bits per heavy atom. The van der Waals surface area contributed by atoms with Gasteiger partial charge in [-0.15, -0.1) is 0 Å². The highest BCUT2D eigenvalue weighted by molar-refractivity contribution is 8.18. The molecule has 1 fully saturated rings. The van der Waals surface area contributed by atoms with Crippen molar-refractivity contribution in [3.05, 3.63) is 34.7 Å². The lowest BCUT2D eigenvalue weighted by Gasteiger charge is -2.31. The van der Waals surface area contributed by atoms with Gasteiger partial charge < -0.3 is 14.4 Å². The van der Waals surface area contributed by atoms with Crippen molar-refractivity contribution >= 4 is 34.9 Å². The number of nitrogens with zero attached hydrogens (tertiary/aromatic N) is 2. The zero-order valence-corrected chi connectivity index (χ0v) is 16.5. The van der Waals surface area contributed by atoms with E-state index in [4.69, 9.17) is 9.47 Å². The van der Waals surface area contributed by atoms with Gasteiger partial charge in [0.1, 0.15) is 5.75 Å². The molecule has 0 unspecified atom stereocenters. The zero-order chi connectivity index (χ0) is 19.2. The second-order valence-electron chi connectivity index (χ2n) is 6.33. The van der Waals surface area contributed by atoms with Crippen molar-refractivity contribution in [2.45, 2.75) is 26.7 Å². The van der Waals surface area contributed by atoms with Crippen LogP contribution in [0.5, 0.6) is 5.75 Å². The number of hydrogen-bond donors (Lipinski definition) is 0. The Hall–Kier alpha value is -2.28. The van der Waals surface area contributed by atoms with E-state index in [9.17, 15) is 9.59 Å². The van der Waals surface area contributed by atoms with Crippen LogP contribution in [0.3, 0.4) is 0 Å². The van der Waals surface area contributed by atoms with Crippen LogP contribution >= 0.6 is 11.8 Å². The van der Waals surface area contributed by atoms with E-state index in [0.29, 0.717) is 31.2 Å². The van der Waals surface area contributed by atoms with Gasteiger partial charge in [-0.05, 0) is 62.2 Å². The molecule has 2 heterocycles. The van der Waals surface area contributed by atoms with Gasteiger partial charge in [-0.3, -0.25) is 9.59 Å². The van der Waals surface area contributed by atoms with Gasteiger partial charge in [0.15, 0.2) is 5.17 Å². The normalized spacial score (nSPS) is 19.3. The van der Waals surface area contributed by atoms with Crippen molar-refractivity contribution < 1.29 is 19.1 Å². The van der Waals surface area contributed by atoms with Crippen LogP contribution in [0, 0.1) is 5.92 Å². The first-order valence-corrected chi connectivity index (χ1v) is 10.1. The Bertz CT molecular complexity index is 750. The Balaban J connectivity index is 1.58. The number of thioether (sulfide) groups is 1. The summed E-state index contributed by atoms with van der Waals surface area (Å²) in [4.78, 5) is 31.0. The molecule has 1 saturated heterocycles. The molecule has 0 aromatic heterocycles. The van der Waals surface area contributed by atoms with E-state index in [-0.39, 0.29) is 17.8 Å². The lowest BCUT2D eigenvalue weighted by molar-refractivity contribution is -0.149. The Kier molecular flexibility index (Phi) is 6.55. The smallest absolute Gasteiger partial charge is 0.309 e. The van der Waals surface area contributed by atoms with Crippen molar-refractivity contribution in [1.29, 1.82) is 0 Å². The summed E-state index contributed by atoms with van der Waals surface area (Å²) in [7, 11) is 0. The Morgan fingerprint density at radius 3 is 2.56 bits per heavy atom. The monoisotopic (exact) mass is 388 g/mol. The van der Waals surface area contributed by atoms with Gasteiger partial charge in [0.05, 0.1) is 24.0 Å². The largest absolute Gasteiger partial charge is 0.494 e. The number of amidine groups is 1. The second kappa shape index (κ2) is 9.08. The highest BCUT2D eigenvalue weighted by Crippen LogP contribution is 2.32. The molecule has 0 radical (unpaired) electrons. The van der Waals surface area contributed by atoms with E-state index < -0.39 is 0 Å². The molecule has 7 heteroatoms. The molecule has 0 aliphatic carbocycles. The molecule has 1 amide bonds. The first kappa shape index (κ1) is 19.5. The van der Waals surface area contributed by atoms with Crippen LogP contribution in [0.25, 0.3) is 6.08 Å². The summed E-state index contributed by atoms with van der Waals surface area (Å²) in [6.07, 6.45) is 3.31. The van der Waals surface area contributed by atoms with Gasteiger partial charge >= 0.3 is 5.97 Å². The lowest BCUT2D eigenvalue weighted by Crippen LogP contribution is -2.39. The zero-order valence-electron chi connectivity index (χ0n) is 15.6. The molecule has 0 N–H and O–H groups in total. The van der Waals surface area contributed by atoms with Crippen molar-refractivity contribution in [1.82, 2.24) is 4.90 Å². The first-order chi connectivity index (χ1) is 13.1. The number of piperidine rings is 1. The van der Waals surface area contributed by atoms with E-state index in [0.717, 1.165) is 29.3 Å². The summed E-state index contributed by atoms with van der Waals surface area (Å²) in [5, 5.41) is 0.722. The summed E-state index contributed by atoms with van der Waals surface area (Å²) in [6.45, 7) is 6.21. The molecule has 2 aliphatic heterocycles. The predicted octanol–water partition coefficient (Wildman–Crippen LogP) is 3.33. The number of amides is 1. The van der Waals surface area contributed by atoms with Crippen molar-refractivity contribution in [2.24, 2.45) is 10.9 Å². The molecule has 3 rings (SSSR count). The summed E-state index contributed by atoms with van der Waals surface area (Å²) >= 11 is 1.39. The number of hydrogen-bond acceptors (Lipinski definition) is 6. The number of ether oxygens (including phenoxy) is 2. The number of carbonyl (C=O) groups is 2. The molecule has 1 aromatic carbocycles. The Labute approximate surface area is 163 Å². The first-order valence-electron chi connectivity index (χ1n) is 9.27. The van der Waals surface area contributed by atoms with Crippen LogP contribution in [-0.2, 0) is 14.3 Å². The van der Waals surface area contributed by atoms with Crippen molar-refractivity contribution in [3.8, 4) is 5.75 Å². The minimum absolute atomic E-state index is 0.0530. The minimum atomic E-state index is -0.212. The average molecular weight is 388 g/mol. The van der Waals surface area contributed by atoms with E-state index in [1.54, 1.807) is 0 Å². The van der Waals surface area contributed by atoms with Gasteiger partial charge in [-0.2, -0.15) is 4.99 Å². The van der Waals surface area contributed by atoms with Gasteiger partial charge in [-0.1, -0.05) is 12.1 Å². The molecule has 0 bridgehead atoms. The fourth-order valence-electron chi connectivity index (χ4n) is 3.08. The summed E-state index contributed by atoms with van der Waals surface area (Å²) in [5.74, 6) is 0.427. The quantitative estimate of drug-likeness (QED) is 0.569. The highest BCUT2D eigenvalue weighted by Gasteiger charge is 2.31. The van der Waals surface area contributed by atoms with Crippen molar-refractivity contribution in [2.75, 3.05) is 26.3 Å². The third-order valence-electron chi connectivity index (χ3n) is 4.48. The summed E-state index contributed by atoms with van der Waals surface area (Å²) < 4.78 is 10.5. The molecule has 0 spiro atoms. The SMILES string of the molecule is CCOC(=O)C1CCN(C2=NC(=O)/C(=C/c3ccc(OCC)cc3)S2)CC1. The predicted molar refractivity (Wildman–Crippen MR) is 107 cm³/mol. The third kappa shape index (κ3) is 4.91. The van der Waals surface area contributed by atoms with E-state index in [2.05, 4.69) is 9.89 Å². The molecule has 1 aromatic rings. The van der Waals surface area contributed by atoms with Gasteiger partial charge in [0.25, 0.3) is 5.91 Å². The number of rotatable bonds is 5. The van der Waals surface area contributed by atoms with Crippen LogP contribution in [0.1, 0.15) is 32.3 Å². The maximum absolute atomic E-state index is 12.3. The number of aliphatic imine (C=N–C) groups is 1. The van der Waals surface area contributed by atoms with Gasteiger partial charge in [0.2, 0.25) is 0 Å². The van der Waals surface area contributed by atoms with E-state index in [1.165, 1.54) is 11.8 Å². The maximum atomic E-state index is 12.3. The fraction of sp³-hybridized carbons (Fsp3) is 0.450. The molecule has 2 aliphatic rings. The standard InChI is InChI=1S/C20H24N2O4S/c1-3-25-16-7-5-14(6-8-16)13-17-18(23)21-20(27-17)22-11-9-15(10-12-22)19(24)26-4-2/h5-8,13,15H,3-4,9-12H2,1-2H3/b17-13-. The molecular weight excluding hydrogens is 364 g/mol. The number of esters is 1. The van der Waals surface area contributed by atoms with E-state index >= 15 is 0 Å². The number of carbonyl (C=O) groups excluding carboxylic acids is 2. The van der Waals surface area contributed by atoms with Crippen LogP contribution < -0.4 is 4.74 Å². The van der Waals surface area contributed by atoms with Crippen LogP contribution in [-0.4, -0.2) is 48.2 Å². The fourth-order valence-corrected chi connectivity index (χ4v) is 4.04. The van der Waals surface area contributed by atoms with Crippen molar-refractivity contribution in [3.63, 3.8) is 0 Å². The van der Waals surface area contributed by atoms with Gasteiger partial charge in [0, 0.05) is 13.1 Å². The molecule has 0 saturated carbocycles. The minimum Gasteiger partial charge on any atom is -0.494 e. The molecule has 0 atom stereocenters. The topological polar surface area (TPSA) is 68.2 Å². The molecule has 144 valence electrons. The van der Waals surface area contributed by atoms with Crippen LogP contribution in [0.4, 0.5) is 0 Å². The molecule has 6 nitrogen and oxygen atoms in total. The molecule has 27 heavy (non-hydrogen) atoms. The van der Waals surface area contributed by atoms with Crippen LogP contribution in [0.2, 0.25) is 0 Å². The Morgan fingerprint density at radius 2 is 1.93 bits per heavy atom. The van der Waals surface area contributed by atoms with E-state index in [1.807, 2.05) is 44.2 Å². The molecular formula is C20H24N2O4S. The highest BCUT2D eigenvalue weighted by atomic mass is 32.2. The second-order valence-corrected chi connectivity index (χ2v) is 7.33. The lowest BCUT2D eigenvalue weighted by atomic mass is 9.97. The average Bonchev–Trinajstić information content (AvgIpc) is 3.04. The van der Waals surface area contributed by atoms with Gasteiger partial charge in [-0.25, -0.2) is 0 Å².